The largest absolute Gasteiger partial charge is 0.369 e. The van der Waals surface area contributed by atoms with Crippen molar-refractivity contribution in [2.45, 2.75) is 31.3 Å². The van der Waals surface area contributed by atoms with Gasteiger partial charge in [-0.3, -0.25) is 9.78 Å². The maximum Gasteiger partial charge on any atom is 0.228 e. The molecular formula is C18H20N2O2S. The number of piperidine rings is 1. The Kier molecular flexibility index (Phi) is 3.91. The van der Waals surface area contributed by atoms with E-state index in [0.717, 1.165) is 44.7 Å². The van der Waals surface area contributed by atoms with Crippen molar-refractivity contribution in [1.82, 2.24) is 9.88 Å². The minimum absolute atomic E-state index is 0.149. The monoisotopic (exact) mass is 328 g/mol. The highest BCUT2D eigenvalue weighted by atomic mass is 32.1. The van der Waals surface area contributed by atoms with Crippen LogP contribution in [0.15, 0.2) is 35.8 Å². The summed E-state index contributed by atoms with van der Waals surface area (Å²) in [4.78, 5) is 20.1. The number of likely N-dealkylation sites (tertiary alicyclic amines) is 1. The Morgan fingerprint density at radius 1 is 1.30 bits per heavy atom. The maximum atomic E-state index is 12.5. The predicted octanol–water partition coefficient (Wildman–Crippen LogP) is 2.78. The first-order valence-electron chi connectivity index (χ1n) is 8.15. The Labute approximate surface area is 140 Å². The third-order valence-corrected chi connectivity index (χ3v) is 6.03. The van der Waals surface area contributed by atoms with Crippen LogP contribution in [0.4, 0.5) is 0 Å². The highest BCUT2D eigenvalue weighted by Crippen LogP contribution is 2.44. The molecule has 1 saturated heterocycles. The van der Waals surface area contributed by atoms with Crippen LogP contribution in [0.2, 0.25) is 0 Å². The molecule has 1 amide bonds. The van der Waals surface area contributed by atoms with Crippen LogP contribution in [0.3, 0.4) is 0 Å². The number of nitrogens with zero attached hydrogens (tertiary/aromatic N) is 2. The summed E-state index contributed by atoms with van der Waals surface area (Å²) in [5.41, 5.74) is 2.13. The van der Waals surface area contributed by atoms with E-state index in [0.29, 0.717) is 6.42 Å². The van der Waals surface area contributed by atoms with E-state index in [4.69, 9.17) is 4.74 Å². The molecule has 1 spiro atoms. The van der Waals surface area contributed by atoms with Crippen LogP contribution in [0.25, 0.3) is 0 Å². The van der Waals surface area contributed by atoms with E-state index in [1.165, 1.54) is 10.4 Å². The van der Waals surface area contributed by atoms with Gasteiger partial charge in [0.2, 0.25) is 5.91 Å². The Balaban J connectivity index is 1.43. The third kappa shape index (κ3) is 2.79. The molecule has 0 aromatic carbocycles. The lowest BCUT2D eigenvalue weighted by molar-refractivity contribution is -0.139. The van der Waals surface area contributed by atoms with Crippen molar-refractivity contribution >= 4 is 17.2 Å². The SMILES string of the molecule is O=C(Cc1ccccn1)N1CCC2(CC1)OCCc1ccsc12. The fourth-order valence-corrected chi connectivity index (χ4v) is 4.78. The molecule has 0 saturated carbocycles. The smallest absolute Gasteiger partial charge is 0.228 e. The number of carbonyl (C=O) groups excluding carboxylic acids is 1. The van der Waals surface area contributed by atoms with E-state index in [2.05, 4.69) is 16.4 Å². The summed E-state index contributed by atoms with van der Waals surface area (Å²) in [6.45, 7) is 2.33. The molecule has 0 bridgehead atoms. The maximum absolute atomic E-state index is 12.5. The summed E-state index contributed by atoms with van der Waals surface area (Å²) in [7, 11) is 0. The molecule has 0 atom stereocenters. The van der Waals surface area contributed by atoms with Crippen LogP contribution < -0.4 is 0 Å². The van der Waals surface area contributed by atoms with Crippen LogP contribution in [-0.4, -0.2) is 35.5 Å². The summed E-state index contributed by atoms with van der Waals surface area (Å²) in [5.74, 6) is 0.167. The lowest BCUT2D eigenvalue weighted by Gasteiger charge is -2.43. The summed E-state index contributed by atoms with van der Waals surface area (Å²) in [6, 6.07) is 7.93. The fraction of sp³-hybridized carbons (Fsp3) is 0.444. The molecule has 120 valence electrons. The van der Waals surface area contributed by atoms with Crippen molar-refractivity contribution in [2.75, 3.05) is 19.7 Å². The van der Waals surface area contributed by atoms with Crippen molar-refractivity contribution in [2.24, 2.45) is 0 Å². The minimum Gasteiger partial charge on any atom is -0.369 e. The minimum atomic E-state index is -0.149. The molecule has 4 heterocycles. The number of aromatic nitrogens is 1. The fourth-order valence-electron chi connectivity index (χ4n) is 3.61. The van der Waals surface area contributed by atoms with Gasteiger partial charge in [0.25, 0.3) is 0 Å². The summed E-state index contributed by atoms with van der Waals surface area (Å²) >= 11 is 1.80. The Morgan fingerprint density at radius 2 is 2.17 bits per heavy atom. The number of pyridine rings is 1. The number of ether oxygens (including phenoxy) is 1. The molecule has 1 fully saturated rings. The Bertz CT molecular complexity index is 690. The second-order valence-corrected chi connectivity index (χ2v) is 7.16. The average molecular weight is 328 g/mol. The molecule has 2 aromatic rings. The van der Waals surface area contributed by atoms with E-state index >= 15 is 0 Å². The molecule has 2 aliphatic rings. The average Bonchev–Trinajstić information content (AvgIpc) is 3.07. The van der Waals surface area contributed by atoms with Crippen LogP contribution in [-0.2, 0) is 28.0 Å². The topological polar surface area (TPSA) is 42.4 Å². The molecule has 0 aliphatic carbocycles. The van der Waals surface area contributed by atoms with Gasteiger partial charge in [0.05, 0.1) is 13.0 Å². The van der Waals surface area contributed by atoms with E-state index in [9.17, 15) is 4.79 Å². The molecular weight excluding hydrogens is 308 g/mol. The zero-order chi connectivity index (χ0) is 15.7. The number of amides is 1. The van der Waals surface area contributed by atoms with Crippen molar-refractivity contribution in [1.29, 1.82) is 0 Å². The van der Waals surface area contributed by atoms with Crippen molar-refractivity contribution in [3.8, 4) is 0 Å². The van der Waals surface area contributed by atoms with Gasteiger partial charge in [-0.15, -0.1) is 11.3 Å². The molecule has 5 heteroatoms. The molecule has 2 aliphatic heterocycles. The van der Waals surface area contributed by atoms with Crippen molar-refractivity contribution in [3.63, 3.8) is 0 Å². The second-order valence-electron chi connectivity index (χ2n) is 6.25. The number of thiophene rings is 1. The van der Waals surface area contributed by atoms with Crippen LogP contribution >= 0.6 is 11.3 Å². The van der Waals surface area contributed by atoms with E-state index < -0.39 is 0 Å². The van der Waals surface area contributed by atoms with Gasteiger partial charge >= 0.3 is 0 Å². The zero-order valence-electron chi connectivity index (χ0n) is 13.0. The second kappa shape index (κ2) is 6.06. The molecule has 2 aromatic heterocycles. The Hall–Kier alpha value is -1.72. The number of rotatable bonds is 2. The molecule has 4 nitrogen and oxygen atoms in total. The van der Waals surface area contributed by atoms with Crippen LogP contribution in [0.1, 0.15) is 29.0 Å². The number of fused-ring (bicyclic) bond motifs is 2. The first kappa shape index (κ1) is 14.8. The molecule has 0 radical (unpaired) electrons. The quantitative estimate of drug-likeness (QED) is 0.851. The van der Waals surface area contributed by atoms with E-state index in [-0.39, 0.29) is 11.5 Å². The number of hydrogen-bond acceptors (Lipinski definition) is 4. The van der Waals surface area contributed by atoms with Crippen LogP contribution in [0.5, 0.6) is 0 Å². The van der Waals surface area contributed by atoms with Gasteiger partial charge in [0, 0.05) is 29.9 Å². The van der Waals surface area contributed by atoms with Crippen molar-refractivity contribution < 1.29 is 9.53 Å². The summed E-state index contributed by atoms with van der Waals surface area (Å²) in [5, 5.41) is 2.17. The summed E-state index contributed by atoms with van der Waals surface area (Å²) < 4.78 is 6.20. The first-order chi connectivity index (χ1) is 11.3. The van der Waals surface area contributed by atoms with Gasteiger partial charge in [-0.05, 0) is 48.4 Å². The molecule has 0 unspecified atom stereocenters. The Morgan fingerprint density at radius 3 is 2.96 bits per heavy atom. The normalized spacial score (nSPS) is 19.6. The standard InChI is InChI=1S/C18H20N2O2S/c21-16(13-15-3-1-2-8-19-15)20-9-6-18(7-10-20)17-14(4-11-22-18)5-12-23-17/h1-3,5,8,12H,4,6-7,9-11,13H2. The van der Waals surface area contributed by atoms with E-state index in [1.54, 1.807) is 17.5 Å². The van der Waals surface area contributed by atoms with Gasteiger partial charge in [0.1, 0.15) is 5.60 Å². The molecule has 23 heavy (non-hydrogen) atoms. The lowest BCUT2D eigenvalue weighted by Crippen LogP contribution is -2.48. The van der Waals surface area contributed by atoms with Crippen LogP contribution in [0, 0.1) is 0 Å². The molecule has 0 N–H and O–H groups in total. The number of carbonyl (C=O) groups is 1. The molecule has 4 rings (SSSR count). The zero-order valence-corrected chi connectivity index (χ0v) is 13.8. The highest BCUT2D eigenvalue weighted by Gasteiger charge is 2.42. The lowest BCUT2D eigenvalue weighted by atomic mass is 9.85. The van der Waals surface area contributed by atoms with Gasteiger partial charge in [0.15, 0.2) is 0 Å². The van der Waals surface area contributed by atoms with E-state index in [1.807, 2.05) is 23.1 Å². The first-order valence-corrected chi connectivity index (χ1v) is 9.03. The van der Waals surface area contributed by atoms with Crippen molar-refractivity contribution in [3.05, 3.63) is 52.0 Å². The number of hydrogen-bond donors (Lipinski definition) is 0. The van der Waals surface area contributed by atoms with Gasteiger partial charge in [-0.2, -0.15) is 0 Å². The van der Waals surface area contributed by atoms with Gasteiger partial charge in [-0.1, -0.05) is 6.07 Å². The highest BCUT2D eigenvalue weighted by molar-refractivity contribution is 7.10. The van der Waals surface area contributed by atoms with Gasteiger partial charge < -0.3 is 9.64 Å². The third-order valence-electron chi connectivity index (χ3n) is 4.89. The van der Waals surface area contributed by atoms with Gasteiger partial charge in [-0.25, -0.2) is 0 Å². The predicted molar refractivity (Wildman–Crippen MR) is 89.4 cm³/mol. The summed E-state index contributed by atoms with van der Waals surface area (Å²) in [6.07, 6.45) is 4.94.